The van der Waals surface area contributed by atoms with Gasteiger partial charge in [-0.05, 0) is 106 Å². The molecule has 4 aromatic carbocycles. The van der Waals surface area contributed by atoms with E-state index >= 15 is 0 Å². The monoisotopic (exact) mass is 700 g/mol. The third-order valence-corrected chi connectivity index (χ3v) is 6.51. The number of ether oxygens (including phenoxy) is 2. The number of alkyl halides is 6. The molecule has 48 heavy (non-hydrogen) atoms. The molecule has 0 atom stereocenters. The van der Waals surface area contributed by atoms with Crippen molar-refractivity contribution in [2.24, 2.45) is 0 Å². The number of aryl methyl sites for hydroxylation is 2. The summed E-state index contributed by atoms with van der Waals surface area (Å²) in [6, 6.07) is 20.6. The van der Waals surface area contributed by atoms with Crippen molar-refractivity contribution in [2.45, 2.75) is 61.2 Å². The number of aldehydes is 1. The minimum Gasteiger partial charge on any atom is -0.356 e. The quantitative estimate of drug-likeness (QED) is 0.0979. The first-order chi connectivity index (χ1) is 21.2. The minimum absolute atomic E-state index is 0. The molecule has 0 amide bonds. The van der Waals surface area contributed by atoms with Crippen LogP contribution in [0.3, 0.4) is 0 Å². The highest BCUT2D eigenvalue weighted by molar-refractivity contribution is 5.85. The van der Waals surface area contributed by atoms with Crippen LogP contribution in [0.15, 0.2) is 84.9 Å². The Balaban J connectivity index is 0.000000884. The van der Waals surface area contributed by atoms with Crippen molar-refractivity contribution in [3.8, 4) is 0 Å². The molecule has 0 saturated carbocycles. The maximum atomic E-state index is 12.8. The predicted octanol–water partition coefficient (Wildman–Crippen LogP) is 12.1. The molecule has 0 aliphatic heterocycles. The number of carbonyl (C=O) groups is 1. The molecule has 0 spiro atoms. The van der Waals surface area contributed by atoms with Crippen LogP contribution in [0, 0.1) is 13.8 Å². The molecule has 0 radical (unpaired) electrons. The summed E-state index contributed by atoms with van der Waals surface area (Å²) in [5.41, 5.74) is 3.83. The summed E-state index contributed by atoms with van der Waals surface area (Å²) < 4.78 is 87.4. The Labute approximate surface area is 285 Å². The second kappa shape index (κ2) is 19.7. The van der Waals surface area contributed by atoms with E-state index in [2.05, 4.69) is 10.6 Å². The summed E-state index contributed by atoms with van der Waals surface area (Å²) in [5, 5.41) is 5.90. The number of halogens is 7. The highest BCUT2D eigenvalue weighted by atomic mass is 35.5. The standard InChI is InChI=1S/C19H22F3NO2.C15H12F3NO.2CH4.ClH/c1-4-24-18(25-5-2)17-10-9-16(11-13(17)3)23-15-8-6-7-14(12-15)19(20,21)22;1-10-7-14(6-5-11(10)9-20)19-13-4-2-3-12(8-13)15(16,17)18;;;/h6-12,18,23H,4-5H2,1-3H3;2-9,19H,1H3;2*1H4;1H. The van der Waals surface area contributed by atoms with Crippen LogP contribution < -0.4 is 10.6 Å². The van der Waals surface area contributed by atoms with E-state index in [9.17, 15) is 31.1 Å². The van der Waals surface area contributed by atoms with Crippen LogP contribution in [0.25, 0.3) is 0 Å². The molecule has 0 saturated heterocycles. The zero-order chi connectivity index (χ0) is 33.2. The number of nitrogens with one attached hydrogen (secondary N) is 2. The van der Waals surface area contributed by atoms with Crippen LogP contribution in [-0.2, 0) is 21.8 Å². The van der Waals surface area contributed by atoms with Gasteiger partial charge in [-0.15, -0.1) is 12.4 Å². The van der Waals surface area contributed by atoms with Crippen molar-refractivity contribution in [2.75, 3.05) is 23.8 Å². The van der Waals surface area contributed by atoms with E-state index in [4.69, 9.17) is 9.47 Å². The lowest BCUT2D eigenvalue weighted by Crippen LogP contribution is -2.10. The van der Waals surface area contributed by atoms with Gasteiger partial charge in [-0.1, -0.05) is 33.1 Å². The number of rotatable bonds is 10. The van der Waals surface area contributed by atoms with Gasteiger partial charge in [0, 0.05) is 47.1 Å². The third-order valence-electron chi connectivity index (χ3n) is 6.51. The maximum Gasteiger partial charge on any atom is 0.416 e. The Morgan fingerprint density at radius 3 is 1.44 bits per heavy atom. The molecule has 0 fully saturated rings. The van der Waals surface area contributed by atoms with E-state index in [1.807, 2.05) is 32.9 Å². The Hall–Kier alpha value is -4.06. The van der Waals surface area contributed by atoms with Crippen molar-refractivity contribution in [3.05, 3.63) is 118 Å². The minimum atomic E-state index is -4.37. The van der Waals surface area contributed by atoms with Gasteiger partial charge in [0.05, 0.1) is 11.1 Å². The first kappa shape index (κ1) is 43.9. The lowest BCUT2D eigenvalue weighted by molar-refractivity contribution is -0.140. The van der Waals surface area contributed by atoms with E-state index in [1.165, 1.54) is 12.1 Å². The van der Waals surface area contributed by atoms with Crippen LogP contribution in [0.5, 0.6) is 0 Å². The highest BCUT2D eigenvalue weighted by Gasteiger charge is 2.31. The first-order valence-electron chi connectivity index (χ1n) is 14.0. The third kappa shape index (κ3) is 12.9. The molecule has 264 valence electrons. The summed E-state index contributed by atoms with van der Waals surface area (Å²) in [6.45, 7) is 8.51. The van der Waals surface area contributed by atoms with E-state index in [0.717, 1.165) is 47.2 Å². The molecule has 4 aromatic rings. The van der Waals surface area contributed by atoms with Crippen molar-refractivity contribution >= 4 is 41.4 Å². The fourth-order valence-corrected chi connectivity index (χ4v) is 4.31. The molecule has 0 aliphatic carbocycles. The van der Waals surface area contributed by atoms with Crippen molar-refractivity contribution < 1.29 is 40.6 Å². The van der Waals surface area contributed by atoms with Gasteiger partial charge in [0.15, 0.2) is 6.29 Å². The first-order valence-corrected chi connectivity index (χ1v) is 14.0. The van der Waals surface area contributed by atoms with Gasteiger partial charge in [0.2, 0.25) is 0 Å². The normalized spacial score (nSPS) is 10.8. The molecular weight excluding hydrogens is 658 g/mol. The molecule has 0 bridgehead atoms. The van der Waals surface area contributed by atoms with E-state index in [-0.39, 0.29) is 27.3 Å². The van der Waals surface area contributed by atoms with Gasteiger partial charge < -0.3 is 20.1 Å². The second-order valence-electron chi connectivity index (χ2n) is 9.91. The van der Waals surface area contributed by atoms with Crippen molar-refractivity contribution in [3.63, 3.8) is 0 Å². The molecule has 5 nitrogen and oxygen atoms in total. The summed E-state index contributed by atoms with van der Waals surface area (Å²) in [4.78, 5) is 10.7. The lowest BCUT2D eigenvalue weighted by Gasteiger charge is -2.20. The lowest BCUT2D eigenvalue weighted by atomic mass is 10.1. The predicted molar refractivity (Wildman–Crippen MR) is 184 cm³/mol. The summed E-state index contributed by atoms with van der Waals surface area (Å²) in [6.07, 6.45) is -8.43. The number of anilines is 4. The number of hydrogen-bond donors (Lipinski definition) is 2. The largest absolute Gasteiger partial charge is 0.416 e. The molecular formula is C36H43ClF6N2O3. The molecule has 0 aliphatic rings. The smallest absolute Gasteiger partial charge is 0.356 e. The molecule has 0 unspecified atom stereocenters. The van der Waals surface area contributed by atoms with Gasteiger partial charge in [0.25, 0.3) is 0 Å². The molecule has 4 rings (SSSR count). The molecule has 0 aromatic heterocycles. The van der Waals surface area contributed by atoms with E-state index in [0.29, 0.717) is 41.5 Å². The Morgan fingerprint density at radius 1 is 0.646 bits per heavy atom. The van der Waals surface area contributed by atoms with Gasteiger partial charge >= 0.3 is 12.4 Å². The van der Waals surface area contributed by atoms with Gasteiger partial charge in [0.1, 0.15) is 6.29 Å². The maximum absolute atomic E-state index is 12.8. The summed E-state index contributed by atoms with van der Waals surface area (Å²) >= 11 is 0. The highest BCUT2D eigenvalue weighted by Crippen LogP contribution is 2.33. The summed E-state index contributed by atoms with van der Waals surface area (Å²) in [5.74, 6) is 0. The van der Waals surface area contributed by atoms with Gasteiger partial charge in [-0.2, -0.15) is 26.3 Å². The second-order valence-corrected chi connectivity index (χ2v) is 9.91. The van der Waals surface area contributed by atoms with Crippen LogP contribution in [-0.4, -0.2) is 19.5 Å². The van der Waals surface area contributed by atoms with Gasteiger partial charge in [-0.3, -0.25) is 4.79 Å². The number of hydrogen-bond acceptors (Lipinski definition) is 5. The molecule has 2 N–H and O–H groups in total. The van der Waals surface area contributed by atoms with Crippen LogP contribution in [0.2, 0.25) is 0 Å². The van der Waals surface area contributed by atoms with Crippen molar-refractivity contribution in [1.29, 1.82) is 0 Å². The Bertz CT molecular complexity index is 1570. The molecule has 0 heterocycles. The Morgan fingerprint density at radius 2 is 1.06 bits per heavy atom. The van der Waals surface area contributed by atoms with E-state index < -0.39 is 29.8 Å². The average molecular weight is 701 g/mol. The van der Waals surface area contributed by atoms with Crippen LogP contribution in [0.4, 0.5) is 49.1 Å². The Kier molecular flexibility index (Phi) is 18.0. The zero-order valence-electron chi connectivity index (χ0n) is 25.6. The van der Waals surface area contributed by atoms with Crippen LogP contribution >= 0.6 is 12.4 Å². The average Bonchev–Trinajstić information content (AvgIpc) is 2.97. The molecule has 12 heteroatoms. The van der Waals surface area contributed by atoms with Crippen LogP contribution in [0.1, 0.15) is 73.2 Å². The fraction of sp³-hybridized carbons (Fsp3) is 0.306. The van der Waals surface area contributed by atoms with E-state index in [1.54, 1.807) is 43.3 Å². The SMILES string of the molecule is C.C.CCOC(OCC)c1ccc(Nc2cccc(C(F)(F)F)c2)cc1C.Cc1cc(Nc2cccc(C(F)(F)F)c2)ccc1C=O.Cl. The van der Waals surface area contributed by atoms with Crippen molar-refractivity contribution in [1.82, 2.24) is 0 Å². The fourth-order valence-electron chi connectivity index (χ4n) is 4.31. The zero-order valence-corrected chi connectivity index (χ0v) is 26.4. The number of benzene rings is 4. The number of carbonyl (C=O) groups excluding carboxylic acids is 1. The summed E-state index contributed by atoms with van der Waals surface area (Å²) in [7, 11) is 0. The van der Waals surface area contributed by atoms with Gasteiger partial charge in [-0.25, -0.2) is 0 Å². The topological polar surface area (TPSA) is 59.6 Å².